The molecule has 30 heavy (non-hydrogen) atoms. The minimum Gasteiger partial charge on any atom is -0.493 e. The summed E-state index contributed by atoms with van der Waals surface area (Å²) < 4.78 is 50.8. The van der Waals surface area contributed by atoms with Crippen LogP contribution in [0.15, 0.2) is 24.4 Å². The summed E-state index contributed by atoms with van der Waals surface area (Å²) in [4.78, 5) is 12.5. The first kappa shape index (κ1) is 22.0. The van der Waals surface area contributed by atoms with E-state index >= 15 is 0 Å². The summed E-state index contributed by atoms with van der Waals surface area (Å²) in [6.45, 7) is 1.92. The van der Waals surface area contributed by atoms with Gasteiger partial charge >= 0.3 is 6.18 Å². The molecule has 2 heterocycles. The van der Waals surface area contributed by atoms with Gasteiger partial charge in [0.25, 0.3) is 5.91 Å². The molecule has 0 aliphatic carbocycles. The van der Waals surface area contributed by atoms with Crippen LogP contribution in [0, 0.1) is 0 Å². The molecule has 2 aromatic heterocycles. The number of amides is 1. The van der Waals surface area contributed by atoms with Crippen LogP contribution >= 0.6 is 23.2 Å². The van der Waals surface area contributed by atoms with E-state index in [4.69, 9.17) is 32.7 Å². The Kier molecular flexibility index (Phi) is 6.27. The number of ether oxygens (including phenoxy) is 2. The lowest BCUT2D eigenvalue weighted by atomic mass is 10.2. The summed E-state index contributed by atoms with van der Waals surface area (Å²) in [7, 11) is 1.40. The predicted molar refractivity (Wildman–Crippen MR) is 103 cm³/mol. The maximum Gasteiger partial charge on any atom is 0.417 e. The zero-order valence-corrected chi connectivity index (χ0v) is 17.2. The van der Waals surface area contributed by atoms with Crippen LogP contribution in [0.1, 0.15) is 28.7 Å². The summed E-state index contributed by atoms with van der Waals surface area (Å²) in [6.07, 6.45) is -3.78. The van der Waals surface area contributed by atoms with Crippen molar-refractivity contribution in [2.45, 2.75) is 19.6 Å². The highest BCUT2D eigenvalue weighted by atomic mass is 35.5. The second-order valence-corrected chi connectivity index (χ2v) is 6.80. The molecule has 0 fully saturated rings. The number of nitrogens with zero attached hydrogens (tertiary/aromatic N) is 3. The Morgan fingerprint density at radius 3 is 2.57 bits per heavy atom. The number of fused-ring (bicyclic) bond motifs is 1. The molecule has 0 unspecified atom stereocenters. The van der Waals surface area contributed by atoms with Crippen LogP contribution in [0.25, 0.3) is 5.65 Å². The summed E-state index contributed by atoms with van der Waals surface area (Å²) in [5.41, 5.74) is -0.752. The van der Waals surface area contributed by atoms with E-state index < -0.39 is 17.6 Å². The molecule has 0 radical (unpaired) electrons. The van der Waals surface area contributed by atoms with Gasteiger partial charge in [0, 0.05) is 11.8 Å². The summed E-state index contributed by atoms with van der Waals surface area (Å²) >= 11 is 12.0. The van der Waals surface area contributed by atoms with E-state index in [2.05, 4.69) is 15.5 Å². The predicted octanol–water partition coefficient (Wildman–Crippen LogP) is 4.39. The Bertz CT molecular complexity index is 1100. The molecular formula is C18H15Cl2F3N4O3. The average Bonchev–Trinajstić information content (AvgIpc) is 3.10. The topological polar surface area (TPSA) is 77.8 Å². The fourth-order valence-corrected chi connectivity index (χ4v) is 3.18. The fraction of sp³-hybridized carbons (Fsp3) is 0.278. The minimum absolute atomic E-state index is 0.0414. The van der Waals surface area contributed by atoms with E-state index in [1.165, 1.54) is 19.2 Å². The fourth-order valence-electron chi connectivity index (χ4n) is 2.67. The Labute approximate surface area is 178 Å². The minimum atomic E-state index is -4.60. The smallest absolute Gasteiger partial charge is 0.417 e. The zero-order chi connectivity index (χ0) is 22.1. The first-order valence-electron chi connectivity index (χ1n) is 8.54. The Morgan fingerprint density at radius 1 is 1.20 bits per heavy atom. The quantitative estimate of drug-likeness (QED) is 0.587. The number of rotatable bonds is 6. The molecule has 1 amide bonds. The van der Waals surface area contributed by atoms with Gasteiger partial charge < -0.3 is 14.8 Å². The molecule has 0 atom stereocenters. The van der Waals surface area contributed by atoms with Gasteiger partial charge in [0.2, 0.25) is 0 Å². The van der Waals surface area contributed by atoms with Gasteiger partial charge in [0.1, 0.15) is 0 Å². The lowest BCUT2D eigenvalue weighted by Crippen LogP contribution is -2.24. The molecule has 3 aromatic rings. The van der Waals surface area contributed by atoms with Crippen LogP contribution in [-0.2, 0) is 12.7 Å². The lowest BCUT2D eigenvalue weighted by Gasteiger charge is -2.13. The van der Waals surface area contributed by atoms with Gasteiger partial charge in [-0.15, -0.1) is 10.2 Å². The largest absolute Gasteiger partial charge is 0.493 e. The summed E-state index contributed by atoms with van der Waals surface area (Å²) in [5.74, 6) is 0.0865. The standard InChI is InChI=1S/C18H15Cl2F3N4O3/c1-3-30-15-11(19)4-9(5-13(15)29-2)17(28)24-7-14-25-26-16-12(20)6-10(8-27(14)16)18(21,22)23/h4-6,8H,3,7H2,1-2H3,(H,24,28). The lowest BCUT2D eigenvalue weighted by molar-refractivity contribution is -0.137. The van der Waals surface area contributed by atoms with Gasteiger partial charge in [0.15, 0.2) is 23.0 Å². The third kappa shape index (κ3) is 4.39. The number of carbonyl (C=O) groups excluding carboxylic acids is 1. The van der Waals surface area contributed by atoms with E-state index in [-0.39, 0.29) is 39.4 Å². The zero-order valence-electron chi connectivity index (χ0n) is 15.7. The molecule has 0 saturated heterocycles. The molecular weight excluding hydrogens is 448 g/mol. The maximum absolute atomic E-state index is 13.0. The van der Waals surface area contributed by atoms with Crippen molar-refractivity contribution in [2.24, 2.45) is 0 Å². The van der Waals surface area contributed by atoms with Gasteiger partial charge in [-0.05, 0) is 25.1 Å². The number of methoxy groups -OCH3 is 1. The molecule has 0 saturated carbocycles. The van der Waals surface area contributed by atoms with Crippen LogP contribution in [0.3, 0.4) is 0 Å². The average molecular weight is 463 g/mol. The molecule has 0 aliphatic rings. The molecule has 3 rings (SSSR count). The number of aromatic nitrogens is 3. The van der Waals surface area contributed by atoms with Gasteiger partial charge in [-0.1, -0.05) is 23.2 Å². The highest BCUT2D eigenvalue weighted by Crippen LogP contribution is 2.36. The van der Waals surface area contributed by atoms with Crippen molar-refractivity contribution in [2.75, 3.05) is 13.7 Å². The van der Waals surface area contributed by atoms with Crippen LogP contribution < -0.4 is 14.8 Å². The van der Waals surface area contributed by atoms with E-state index in [1.807, 2.05) is 0 Å². The van der Waals surface area contributed by atoms with Crippen molar-refractivity contribution >= 4 is 34.8 Å². The normalized spacial score (nSPS) is 11.6. The maximum atomic E-state index is 13.0. The number of halogens is 5. The van der Waals surface area contributed by atoms with Crippen molar-refractivity contribution < 1.29 is 27.4 Å². The number of nitrogens with one attached hydrogen (secondary N) is 1. The third-order valence-electron chi connectivity index (χ3n) is 4.05. The van der Waals surface area contributed by atoms with Crippen molar-refractivity contribution in [1.82, 2.24) is 19.9 Å². The number of alkyl halides is 3. The highest BCUT2D eigenvalue weighted by molar-refractivity contribution is 6.33. The molecule has 1 N–H and O–H groups in total. The number of hydrogen-bond donors (Lipinski definition) is 1. The Balaban J connectivity index is 1.85. The van der Waals surface area contributed by atoms with Gasteiger partial charge in [0.05, 0.1) is 35.9 Å². The van der Waals surface area contributed by atoms with Crippen molar-refractivity contribution in [3.05, 3.63) is 51.4 Å². The molecule has 1 aromatic carbocycles. The molecule has 0 aliphatic heterocycles. The van der Waals surface area contributed by atoms with Crippen molar-refractivity contribution in [3.63, 3.8) is 0 Å². The van der Waals surface area contributed by atoms with E-state index in [0.29, 0.717) is 12.4 Å². The SMILES string of the molecule is CCOc1c(Cl)cc(C(=O)NCc2nnc3c(Cl)cc(C(F)(F)F)cn23)cc1OC. The first-order chi connectivity index (χ1) is 14.2. The van der Waals surface area contributed by atoms with E-state index in [1.54, 1.807) is 6.92 Å². The van der Waals surface area contributed by atoms with Crippen molar-refractivity contribution in [3.8, 4) is 11.5 Å². The summed E-state index contributed by atoms with van der Waals surface area (Å²) in [6, 6.07) is 3.60. The van der Waals surface area contributed by atoms with Gasteiger partial charge in [-0.3, -0.25) is 9.20 Å². The highest BCUT2D eigenvalue weighted by Gasteiger charge is 2.32. The van der Waals surface area contributed by atoms with Crippen LogP contribution in [0.2, 0.25) is 10.0 Å². The van der Waals surface area contributed by atoms with E-state index in [9.17, 15) is 18.0 Å². The molecule has 7 nitrogen and oxygen atoms in total. The molecule has 160 valence electrons. The van der Waals surface area contributed by atoms with Crippen LogP contribution in [0.4, 0.5) is 13.2 Å². The third-order valence-corrected chi connectivity index (χ3v) is 4.60. The number of hydrogen-bond acceptors (Lipinski definition) is 5. The summed E-state index contributed by atoms with van der Waals surface area (Å²) in [5, 5.41) is 10.1. The molecule has 12 heteroatoms. The van der Waals surface area contributed by atoms with Crippen molar-refractivity contribution in [1.29, 1.82) is 0 Å². The van der Waals surface area contributed by atoms with E-state index in [0.717, 1.165) is 16.7 Å². The second-order valence-electron chi connectivity index (χ2n) is 5.99. The molecule has 0 bridgehead atoms. The van der Waals surface area contributed by atoms with Gasteiger partial charge in [-0.25, -0.2) is 0 Å². The van der Waals surface area contributed by atoms with Crippen LogP contribution in [-0.4, -0.2) is 34.2 Å². The second kappa shape index (κ2) is 8.57. The Morgan fingerprint density at radius 2 is 1.93 bits per heavy atom. The number of carbonyl (C=O) groups is 1. The number of pyridine rings is 1. The Hall–Kier alpha value is -2.72. The molecule has 0 spiro atoms. The van der Waals surface area contributed by atoms with Crippen LogP contribution in [0.5, 0.6) is 11.5 Å². The first-order valence-corrected chi connectivity index (χ1v) is 9.30. The van der Waals surface area contributed by atoms with Gasteiger partial charge in [-0.2, -0.15) is 13.2 Å². The number of benzene rings is 1. The monoisotopic (exact) mass is 462 g/mol.